The molecule has 0 aliphatic rings. The number of nitrogens with zero attached hydrogens (tertiary/aromatic N) is 4. The van der Waals surface area contributed by atoms with Gasteiger partial charge in [0.15, 0.2) is 17.3 Å². The van der Waals surface area contributed by atoms with Gasteiger partial charge >= 0.3 is 0 Å². The second kappa shape index (κ2) is 10.8. The molecule has 0 aliphatic heterocycles. The van der Waals surface area contributed by atoms with Gasteiger partial charge < -0.3 is 9.47 Å². The predicted molar refractivity (Wildman–Crippen MR) is 127 cm³/mol. The number of halogens is 1. The third-order valence-electron chi connectivity index (χ3n) is 4.83. The zero-order valence-electron chi connectivity index (χ0n) is 18.3. The number of thioether (sulfide) groups is 1. The summed E-state index contributed by atoms with van der Waals surface area (Å²) in [6, 6.07) is 22.2. The number of ether oxygens (including phenoxy) is 2. The minimum Gasteiger partial charge on any atom is -0.493 e. The van der Waals surface area contributed by atoms with Crippen LogP contribution >= 0.6 is 11.8 Å². The van der Waals surface area contributed by atoms with Crippen LogP contribution in [0.1, 0.15) is 22.5 Å². The number of aromatic nitrogens is 3. The molecule has 33 heavy (non-hydrogen) atoms. The predicted octanol–water partition coefficient (Wildman–Crippen LogP) is 5.49. The monoisotopic (exact) mass is 462 g/mol. The first-order valence-corrected chi connectivity index (χ1v) is 11.3. The van der Waals surface area contributed by atoms with E-state index in [9.17, 15) is 4.39 Å². The van der Waals surface area contributed by atoms with Crippen molar-refractivity contribution in [1.29, 1.82) is 0 Å². The summed E-state index contributed by atoms with van der Waals surface area (Å²) in [6.45, 7) is 1.97. The van der Waals surface area contributed by atoms with Crippen LogP contribution in [0.15, 0.2) is 83.1 Å². The van der Waals surface area contributed by atoms with Crippen molar-refractivity contribution in [3.63, 3.8) is 0 Å². The van der Waals surface area contributed by atoms with Crippen LogP contribution in [0, 0.1) is 12.7 Å². The van der Waals surface area contributed by atoms with E-state index in [0.717, 1.165) is 11.3 Å². The first-order chi connectivity index (χ1) is 16.1. The molecule has 4 aromatic rings. The largest absolute Gasteiger partial charge is 0.493 e. The van der Waals surface area contributed by atoms with Crippen LogP contribution in [-0.4, -0.2) is 28.2 Å². The van der Waals surface area contributed by atoms with Gasteiger partial charge in [0, 0.05) is 11.3 Å². The molecule has 168 valence electrons. The highest BCUT2D eigenvalue weighted by molar-refractivity contribution is 7.98. The van der Waals surface area contributed by atoms with E-state index in [1.165, 1.54) is 11.6 Å². The third-order valence-corrected chi connectivity index (χ3v) is 5.82. The minimum absolute atomic E-state index is 0.109. The Balaban J connectivity index is 1.46. The van der Waals surface area contributed by atoms with E-state index in [1.54, 1.807) is 54.0 Å². The van der Waals surface area contributed by atoms with E-state index < -0.39 is 0 Å². The van der Waals surface area contributed by atoms with E-state index in [0.29, 0.717) is 28.0 Å². The maximum absolute atomic E-state index is 13.8. The molecular formula is C25H23FN4O2S. The SMILES string of the molecule is COc1cc(/C=N/n2c(C)nnc2SCc2ccccc2)ccc1OCc1ccccc1F. The number of rotatable bonds is 9. The lowest BCUT2D eigenvalue weighted by atomic mass is 10.2. The summed E-state index contributed by atoms with van der Waals surface area (Å²) in [5, 5.41) is 13.7. The number of methoxy groups -OCH3 is 1. The number of benzene rings is 3. The maximum atomic E-state index is 13.8. The second-order valence-electron chi connectivity index (χ2n) is 7.15. The summed E-state index contributed by atoms with van der Waals surface area (Å²) in [6.07, 6.45) is 1.71. The average molecular weight is 463 g/mol. The van der Waals surface area contributed by atoms with E-state index in [4.69, 9.17) is 9.47 Å². The van der Waals surface area contributed by atoms with Gasteiger partial charge in [-0.3, -0.25) is 0 Å². The number of hydrogen-bond acceptors (Lipinski definition) is 6. The summed E-state index contributed by atoms with van der Waals surface area (Å²) in [5.41, 5.74) is 2.50. The molecule has 0 fully saturated rings. The quantitative estimate of drug-likeness (QED) is 0.243. The molecule has 4 rings (SSSR count). The standard InChI is InChI=1S/C25H23FN4O2S/c1-18-28-29-25(33-17-19-8-4-3-5-9-19)30(18)27-15-20-12-13-23(24(14-20)31-2)32-16-21-10-6-7-11-22(21)26/h3-15H,16-17H2,1-2H3/b27-15+. The van der Waals surface area contributed by atoms with Crippen LogP contribution in [-0.2, 0) is 12.4 Å². The Morgan fingerprint density at radius 1 is 1.00 bits per heavy atom. The molecule has 1 aromatic heterocycles. The summed E-state index contributed by atoms with van der Waals surface area (Å²) in [7, 11) is 1.56. The Morgan fingerprint density at radius 3 is 2.58 bits per heavy atom. The lowest BCUT2D eigenvalue weighted by molar-refractivity contribution is 0.279. The minimum atomic E-state index is -0.300. The lowest BCUT2D eigenvalue weighted by Crippen LogP contribution is -2.01. The van der Waals surface area contributed by atoms with Crippen molar-refractivity contribution in [2.24, 2.45) is 5.10 Å². The van der Waals surface area contributed by atoms with E-state index >= 15 is 0 Å². The molecule has 0 atom stereocenters. The van der Waals surface area contributed by atoms with Crippen molar-refractivity contribution in [2.75, 3.05) is 7.11 Å². The van der Waals surface area contributed by atoms with Crippen LogP contribution in [0.2, 0.25) is 0 Å². The van der Waals surface area contributed by atoms with Gasteiger partial charge in [0.2, 0.25) is 5.16 Å². The van der Waals surface area contributed by atoms with Gasteiger partial charge in [0.25, 0.3) is 0 Å². The Morgan fingerprint density at radius 2 is 1.79 bits per heavy atom. The van der Waals surface area contributed by atoms with Crippen LogP contribution in [0.3, 0.4) is 0 Å². The van der Waals surface area contributed by atoms with Gasteiger partial charge in [0.05, 0.1) is 13.3 Å². The van der Waals surface area contributed by atoms with E-state index in [1.807, 2.05) is 37.3 Å². The third kappa shape index (κ3) is 5.78. The van der Waals surface area contributed by atoms with Crippen molar-refractivity contribution >= 4 is 18.0 Å². The van der Waals surface area contributed by atoms with Crippen molar-refractivity contribution in [3.05, 3.63) is 101 Å². The first kappa shape index (κ1) is 22.5. The van der Waals surface area contributed by atoms with Gasteiger partial charge in [-0.05, 0) is 42.3 Å². The first-order valence-electron chi connectivity index (χ1n) is 10.3. The number of hydrogen-bond donors (Lipinski definition) is 0. The fourth-order valence-electron chi connectivity index (χ4n) is 3.06. The van der Waals surface area contributed by atoms with Crippen molar-refractivity contribution in [3.8, 4) is 11.5 Å². The molecule has 3 aromatic carbocycles. The second-order valence-corrected chi connectivity index (χ2v) is 8.09. The Bertz CT molecular complexity index is 1240. The van der Waals surface area contributed by atoms with Gasteiger partial charge in [-0.25, -0.2) is 4.39 Å². The van der Waals surface area contributed by atoms with Gasteiger partial charge in [-0.2, -0.15) is 9.78 Å². The highest BCUT2D eigenvalue weighted by Crippen LogP contribution is 2.29. The van der Waals surface area contributed by atoms with E-state index in [-0.39, 0.29) is 12.4 Å². The Kier molecular flexibility index (Phi) is 7.36. The van der Waals surface area contributed by atoms with Crippen molar-refractivity contribution in [1.82, 2.24) is 14.9 Å². The summed E-state index contributed by atoms with van der Waals surface area (Å²) in [4.78, 5) is 0. The van der Waals surface area contributed by atoms with E-state index in [2.05, 4.69) is 27.4 Å². The van der Waals surface area contributed by atoms with Crippen LogP contribution in [0.25, 0.3) is 0 Å². The number of aryl methyl sites for hydroxylation is 1. The topological polar surface area (TPSA) is 61.5 Å². The molecular weight excluding hydrogens is 439 g/mol. The lowest BCUT2D eigenvalue weighted by Gasteiger charge is -2.11. The molecule has 0 unspecified atom stereocenters. The zero-order chi connectivity index (χ0) is 23.0. The van der Waals surface area contributed by atoms with Gasteiger partial charge in [-0.15, -0.1) is 10.2 Å². The smallest absolute Gasteiger partial charge is 0.212 e. The van der Waals surface area contributed by atoms with Crippen LogP contribution < -0.4 is 9.47 Å². The highest BCUT2D eigenvalue weighted by Gasteiger charge is 2.10. The fourth-order valence-corrected chi connectivity index (χ4v) is 3.95. The molecule has 0 saturated heterocycles. The average Bonchev–Trinajstić information content (AvgIpc) is 3.21. The molecule has 6 nitrogen and oxygen atoms in total. The van der Waals surface area contributed by atoms with Gasteiger partial charge in [0.1, 0.15) is 12.4 Å². The summed E-state index contributed by atoms with van der Waals surface area (Å²) < 4.78 is 26.8. The summed E-state index contributed by atoms with van der Waals surface area (Å²) in [5.74, 6) is 2.23. The molecule has 0 amide bonds. The summed E-state index contributed by atoms with van der Waals surface area (Å²) >= 11 is 1.57. The molecule has 0 bridgehead atoms. The van der Waals surface area contributed by atoms with Crippen LogP contribution in [0.5, 0.6) is 11.5 Å². The van der Waals surface area contributed by atoms with Crippen molar-refractivity contribution in [2.45, 2.75) is 24.4 Å². The molecule has 8 heteroatoms. The molecule has 0 spiro atoms. The Hall–Kier alpha value is -3.65. The Labute approximate surface area is 196 Å². The maximum Gasteiger partial charge on any atom is 0.212 e. The fraction of sp³-hybridized carbons (Fsp3) is 0.160. The van der Waals surface area contributed by atoms with Crippen LogP contribution in [0.4, 0.5) is 4.39 Å². The molecule has 1 heterocycles. The highest BCUT2D eigenvalue weighted by atomic mass is 32.2. The van der Waals surface area contributed by atoms with Crippen molar-refractivity contribution < 1.29 is 13.9 Å². The van der Waals surface area contributed by atoms with Gasteiger partial charge in [-0.1, -0.05) is 60.3 Å². The molecule has 0 aliphatic carbocycles. The zero-order valence-corrected chi connectivity index (χ0v) is 19.1. The molecule has 0 N–H and O–H groups in total. The normalized spacial score (nSPS) is 11.1. The molecule has 0 saturated carbocycles. The molecule has 0 radical (unpaired) electrons.